The number of aliphatic hydroxyl groups excluding tert-OH is 1. The van der Waals surface area contributed by atoms with Gasteiger partial charge in [-0.05, 0) is 48.5 Å². The lowest BCUT2D eigenvalue weighted by atomic mass is 9.98. The number of nitrogens with zero attached hydrogens (tertiary/aromatic N) is 1. The molecule has 0 atom stereocenters. The van der Waals surface area contributed by atoms with Crippen molar-refractivity contribution in [2.75, 3.05) is 0 Å². The first-order valence-corrected chi connectivity index (χ1v) is 11.5. The van der Waals surface area contributed by atoms with Crippen molar-refractivity contribution in [3.05, 3.63) is 95.1 Å². The van der Waals surface area contributed by atoms with E-state index in [1.807, 2.05) is 0 Å². The number of benzene rings is 3. The van der Waals surface area contributed by atoms with Crippen LogP contribution in [0.4, 0.5) is 13.2 Å². The molecule has 0 aliphatic rings. The van der Waals surface area contributed by atoms with Crippen LogP contribution >= 0.6 is 10.7 Å². The van der Waals surface area contributed by atoms with Crippen LogP contribution in [0.3, 0.4) is 0 Å². The van der Waals surface area contributed by atoms with Crippen molar-refractivity contribution in [1.29, 1.82) is 0 Å². The number of nitrogens with one attached hydrogen (secondary N) is 1. The number of fused-ring (bicyclic) bond motifs is 1. The van der Waals surface area contributed by atoms with Gasteiger partial charge in [-0.15, -0.1) is 0 Å². The SMILES string of the molecule is O=C(C(=C(O)c1ccc(F)c(S(=O)(=O)Cl)c1)c1nc2ccccc2[nH]1)c1cc(F)ccc1F. The van der Waals surface area contributed by atoms with Crippen LogP contribution in [0.2, 0.25) is 0 Å². The summed E-state index contributed by atoms with van der Waals surface area (Å²) in [5.41, 5.74) is -0.761. The summed E-state index contributed by atoms with van der Waals surface area (Å²) in [6.07, 6.45) is 0. The number of halogens is 4. The standard InChI is InChI=1S/C22H12ClF3N2O4S/c23-33(31,32)18-9-11(5-7-15(18)26)20(29)19(21(30)13-10-12(24)6-8-14(13)25)22-27-16-3-1-2-4-17(16)28-22/h1-10,29H,(H,27,28). The second kappa shape index (κ2) is 8.38. The lowest BCUT2D eigenvalue weighted by Crippen LogP contribution is -2.10. The third-order valence-corrected chi connectivity index (χ3v) is 6.07. The number of aliphatic hydroxyl groups is 1. The molecule has 0 saturated heterocycles. The molecule has 168 valence electrons. The molecule has 0 radical (unpaired) electrons. The number of hydrogen-bond acceptors (Lipinski definition) is 5. The number of allylic oxidation sites excluding steroid dienone is 1. The Bertz CT molecular complexity index is 1530. The molecule has 0 aliphatic carbocycles. The number of H-pyrrole nitrogens is 1. The average molecular weight is 493 g/mol. The number of aromatic nitrogens is 2. The highest BCUT2D eigenvalue weighted by Gasteiger charge is 2.27. The lowest BCUT2D eigenvalue weighted by Gasteiger charge is -2.11. The molecule has 11 heteroatoms. The first-order valence-electron chi connectivity index (χ1n) is 9.19. The van der Waals surface area contributed by atoms with Crippen molar-refractivity contribution < 1.29 is 31.5 Å². The Kier molecular flexibility index (Phi) is 5.73. The molecule has 0 fully saturated rings. The van der Waals surface area contributed by atoms with Gasteiger partial charge in [-0.3, -0.25) is 4.79 Å². The number of Topliss-reactive ketones (excluding diaryl/α,β-unsaturated/α-hetero) is 1. The Labute approximate surface area is 189 Å². The van der Waals surface area contributed by atoms with Gasteiger partial charge in [0.1, 0.15) is 39.5 Å². The maximum atomic E-state index is 14.4. The molecule has 1 heterocycles. The number of ketones is 1. The fourth-order valence-electron chi connectivity index (χ4n) is 3.19. The Balaban J connectivity index is 2.01. The van der Waals surface area contributed by atoms with E-state index in [-0.39, 0.29) is 11.4 Å². The van der Waals surface area contributed by atoms with Gasteiger partial charge in [-0.1, -0.05) is 12.1 Å². The van der Waals surface area contributed by atoms with Crippen LogP contribution in [0, 0.1) is 17.5 Å². The Hall–Kier alpha value is -3.63. The van der Waals surface area contributed by atoms with Gasteiger partial charge in [-0.2, -0.15) is 0 Å². The molecule has 3 aromatic carbocycles. The van der Waals surface area contributed by atoms with Crippen molar-refractivity contribution in [3.63, 3.8) is 0 Å². The summed E-state index contributed by atoms with van der Waals surface area (Å²) < 4.78 is 65.4. The van der Waals surface area contributed by atoms with Crippen LogP contribution in [0.15, 0.2) is 65.6 Å². The minimum absolute atomic E-state index is 0.207. The summed E-state index contributed by atoms with van der Waals surface area (Å²) in [5, 5.41) is 11.0. The summed E-state index contributed by atoms with van der Waals surface area (Å²) in [4.78, 5) is 19.3. The number of imidazole rings is 1. The number of para-hydroxylation sites is 2. The molecule has 0 bridgehead atoms. The molecule has 4 aromatic rings. The molecular formula is C22H12ClF3N2O4S. The molecule has 0 saturated carbocycles. The largest absolute Gasteiger partial charge is 0.506 e. The molecule has 33 heavy (non-hydrogen) atoms. The summed E-state index contributed by atoms with van der Waals surface area (Å²) in [5.74, 6) is -5.37. The maximum absolute atomic E-state index is 14.4. The van der Waals surface area contributed by atoms with Crippen molar-refractivity contribution in [2.45, 2.75) is 4.90 Å². The van der Waals surface area contributed by atoms with E-state index >= 15 is 0 Å². The van der Waals surface area contributed by atoms with Gasteiger partial charge in [0.25, 0.3) is 9.05 Å². The highest BCUT2D eigenvalue weighted by atomic mass is 35.7. The minimum atomic E-state index is -4.54. The van der Waals surface area contributed by atoms with Gasteiger partial charge in [0, 0.05) is 16.2 Å². The van der Waals surface area contributed by atoms with Crippen LogP contribution < -0.4 is 0 Å². The number of rotatable bonds is 5. The first kappa shape index (κ1) is 22.6. The van der Waals surface area contributed by atoms with Crippen LogP contribution in [0.1, 0.15) is 21.7 Å². The predicted molar refractivity (Wildman–Crippen MR) is 116 cm³/mol. The third-order valence-electron chi connectivity index (χ3n) is 4.73. The summed E-state index contributed by atoms with van der Waals surface area (Å²) in [6, 6.07) is 11.2. The molecule has 0 aliphatic heterocycles. The van der Waals surface area contributed by atoms with E-state index in [1.54, 1.807) is 24.3 Å². The molecule has 4 rings (SSSR count). The van der Waals surface area contributed by atoms with E-state index in [9.17, 15) is 31.5 Å². The molecule has 0 spiro atoms. The number of carbonyl (C=O) groups excluding carboxylic acids is 1. The quantitative estimate of drug-likeness (QED) is 0.172. The summed E-state index contributed by atoms with van der Waals surface area (Å²) in [6.45, 7) is 0. The lowest BCUT2D eigenvalue weighted by molar-refractivity contribution is 0.105. The third kappa shape index (κ3) is 4.35. The van der Waals surface area contributed by atoms with Crippen LogP contribution in [-0.2, 0) is 9.05 Å². The second-order valence-corrected chi connectivity index (χ2v) is 9.40. The molecule has 6 nitrogen and oxygen atoms in total. The van der Waals surface area contributed by atoms with Gasteiger partial charge >= 0.3 is 0 Å². The van der Waals surface area contributed by atoms with E-state index in [4.69, 9.17) is 10.7 Å². The van der Waals surface area contributed by atoms with Crippen LogP contribution in [-0.4, -0.2) is 29.3 Å². The highest BCUT2D eigenvalue weighted by molar-refractivity contribution is 8.13. The predicted octanol–water partition coefficient (Wildman–Crippen LogP) is 5.22. The number of aromatic amines is 1. The average Bonchev–Trinajstić information content (AvgIpc) is 3.18. The summed E-state index contributed by atoms with van der Waals surface area (Å²) in [7, 11) is 0.705. The molecule has 1 aromatic heterocycles. The monoisotopic (exact) mass is 492 g/mol. The Morgan fingerprint density at radius 2 is 1.67 bits per heavy atom. The van der Waals surface area contributed by atoms with E-state index in [2.05, 4.69) is 9.97 Å². The Morgan fingerprint density at radius 1 is 0.970 bits per heavy atom. The normalized spacial score (nSPS) is 12.6. The first-order chi connectivity index (χ1) is 15.6. The van der Waals surface area contributed by atoms with Gasteiger partial charge in [0.05, 0.1) is 16.6 Å². The topological polar surface area (TPSA) is 100 Å². The molecular weight excluding hydrogens is 481 g/mol. The van der Waals surface area contributed by atoms with Gasteiger partial charge in [0.15, 0.2) is 0 Å². The summed E-state index contributed by atoms with van der Waals surface area (Å²) >= 11 is 0. The van der Waals surface area contributed by atoms with Gasteiger partial charge < -0.3 is 10.1 Å². The fourth-order valence-corrected chi connectivity index (χ4v) is 4.11. The van der Waals surface area contributed by atoms with E-state index in [0.717, 1.165) is 24.3 Å². The zero-order chi connectivity index (χ0) is 23.9. The fraction of sp³-hybridized carbons (Fsp3) is 0. The Morgan fingerprint density at radius 3 is 2.36 bits per heavy atom. The molecule has 0 unspecified atom stereocenters. The van der Waals surface area contributed by atoms with Crippen molar-refractivity contribution in [3.8, 4) is 0 Å². The van der Waals surface area contributed by atoms with Crippen molar-refractivity contribution >= 4 is 47.9 Å². The van der Waals surface area contributed by atoms with Crippen LogP contribution in [0.5, 0.6) is 0 Å². The second-order valence-electron chi connectivity index (χ2n) is 6.86. The number of carbonyl (C=O) groups is 1. The minimum Gasteiger partial charge on any atom is -0.506 e. The molecule has 2 N–H and O–H groups in total. The smallest absolute Gasteiger partial charge is 0.264 e. The maximum Gasteiger partial charge on any atom is 0.264 e. The van der Waals surface area contributed by atoms with E-state index in [0.29, 0.717) is 23.2 Å². The highest BCUT2D eigenvalue weighted by Crippen LogP contribution is 2.31. The molecule has 0 amide bonds. The van der Waals surface area contributed by atoms with E-state index < -0.39 is 54.1 Å². The van der Waals surface area contributed by atoms with E-state index in [1.165, 1.54) is 0 Å². The van der Waals surface area contributed by atoms with Crippen molar-refractivity contribution in [2.24, 2.45) is 0 Å². The van der Waals surface area contributed by atoms with Gasteiger partial charge in [0.2, 0.25) is 5.78 Å². The zero-order valence-corrected chi connectivity index (χ0v) is 17.9. The van der Waals surface area contributed by atoms with Crippen LogP contribution in [0.25, 0.3) is 22.4 Å². The zero-order valence-electron chi connectivity index (χ0n) is 16.3. The van der Waals surface area contributed by atoms with Crippen molar-refractivity contribution in [1.82, 2.24) is 9.97 Å². The number of hydrogen-bond donors (Lipinski definition) is 2. The van der Waals surface area contributed by atoms with Gasteiger partial charge in [-0.25, -0.2) is 26.6 Å².